The second kappa shape index (κ2) is 8.12. The highest BCUT2D eigenvalue weighted by Crippen LogP contribution is 2.12. The molecule has 1 aliphatic rings. The maximum atomic E-state index is 12.4. The van der Waals surface area contributed by atoms with Crippen LogP contribution in [0.5, 0.6) is 0 Å². The van der Waals surface area contributed by atoms with Crippen molar-refractivity contribution < 1.29 is 14.4 Å². The summed E-state index contributed by atoms with van der Waals surface area (Å²) in [5, 5.41) is 0. The van der Waals surface area contributed by atoms with E-state index >= 15 is 0 Å². The van der Waals surface area contributed by atoms with E-state index in [0.717, 1.165) is 29.7 Å². The van der Waals surface area contributed by atoms with Crippen LogP contribution in [0.2, 0.25) is 0 Å². The monoisotopic (exact) mass is 300 g/mol. The average Bonchev–Trinajstić information content (AvgIpc) is 2.58. The average molecular weight is 300 g/mol. The van der Waals surface area contributed by atoms with Gasteiger partial charge in [0.15, 0.2) is 0 Å². The second-order valence-electron chi connectivity index (χ2n) is 5.19. The zero-order chi connectivity index (χ0) is 15.8. The smallest absolute Gasteiger partial charge is 0.324 e. The van der Waals surface area contributed by atoms with Gasteiger partial charge in [-0.2, -0.15) is 0 Å². The van der Waals surface area contributed by atoms with Crippen LogP contribution in [0.4, 0.5) is 4.79 Å². The number of carbonyl (C=O) groups excluding carboxylic acids is 3. The highest BCUT2D eigenvalue weighted by atomic mass is 16.2. The second-order valence-corrected chi connectivity index (χ2v) is 5.19. The molecule has 1 aromatic rings. The molecule has 22 heavy (non-hydrogen) atoms. The summed E-state index contributed by atoms with van der Waals surface area (Å²) in [7, 11) is 0. The molecule has 0 spiro atoms. The van der Waals surface area contributed by atoms with Gasteiger partial charge in [-0.25, -0.2) is 4.79 Å². The maximum Gasteiger partial charge on any atom is 0.327 e. The van der Waals surface area contributed by atoms with Crippen molar-refractivity contribution in [2.75, 3.05) is 19.6 Å². The molecule has 0 radical (unpaired) electrons. The Bertz CT molecular complexity index is 548. The van der Waals surface area contributed by atoms with Crippen LogP contribution in [0.15, 0.2) is 36.4 Å². The van der Waals surface area contributed by atoms with Crippen molar-refractivity contribution in [3.63, 3.8) is 0 Å². The van der Waals surface area contributed by atoms with Crippen LogP contribution < -0.4 is 0 Å². The van der Waals surface area contributed by atoms with Crippen molar-refractivity contribution in [3.05, 3.63) is 42.0 Å². The Morgan fingerprint density at radius 2 is 1.77 bits per heavy atom. The van der Waals surface area contributed by atoms with Gasteiger partial charge in [-0.05, 0) is 30.9 Å². The van der Waals surface area contributed by atoms with Gasteiger partial charge < -0.3 is 9.69 Å². The fourth-order valence-corrected chi connectivity index (χ4v) is 2.41. The lowest BCUT2D eigenvalue weighted by molar-refractivity contribution is -0.126. The lowest BCUT2D eigenvalue weighted by Gasteiger charge is -2.30. The van der Waals surface area contributed by atoms with Gasteiger partial charge in [0.2, 0.25) is 0 Å². The molecule has 0 unspecified atom stereocenters. The predicted octanol–water partition coefficient (Wildman–Crippen LogP) is 2.33. The van der Waals surface area contributed by atoms with E-state index in [9.17, 15) is 14.4 Å². The lowest BCUT2D eigenvalue weighted by Crippen LogP contribution is -2.48. The zero-order valence-corrected chi connectivity index (χ0v) is 12.5. The molecule has 5 heteroatoms. The largest absolute Gasteiger partial charge is 0.327 e. The number of urea groups is 1. The molecule has 5 nitrogen and oxygen atoms in total. The van der Waals surface area contributed by atoms with Crippen LogP contribution >= 0.6 is 0 Å². The summed E-state index contributed by atoms with van der Waals surface area (Å²) < 4.78 is 0. The molecule has 116 valence electrons. The van der Waals surface area contributed by atoms with E-state index in [1.807, 2.05) is 30.3 Å². The Kier molecular flexibility index (Phi) is 5.89. The van der Waals surface area contributed by atoms with E-state index in [0.29, 0.717) is 19.4 Å². The number of benzene rings is 1. The van der Waals surface area contributed by atoms with Crippen molar-refractivity contribution in [3.8, 4) is 0 Å². The minimum Gasteiger partial charge on any atom is -0.324 e. The number of amides is 3. The highest BCUT2D eigenvalue weighted by Gasteiger charge is 2.25. The first-order valence-electron chi connectivity index (χ1n) is 7.49. The first-order valence-corrected chi connectivity index (χ1v) is 7.49. The molecule has 0 atom stereocenters. The number of hydrogen-bond acceptors (Lipinski definition) is 3. The summed E-state index contributed by atoms with van der Waals surface area (Å²) in [4.78, 5) is 38.0. The third-order valence-corrected chi connectivity index (χ3v) is 3.60. The summed E-state index contributed by atoms with van der Waals surface area (Å²) in [6, 6.07) is 8.96. The zero-order valence-electron chi connectivity index (χ0n) is 12.5. The number of hydrogen-bond donors (Lipinski definition) is 0. The van der Waals surface area contributed by atoms with Crippen LogP contribution in [0, 0.1) is 0 Å². The van der Waals surface area contributed by atoms with Gasteiger partial charge in [-0.15, -0.1) is 0 Å². The highest BCUT2D eigenvalue weighted by molar-refractivity contribution is 6.03. The van der Waals surface area contributed by atoms with Crippen LogP contribution in [-0.2, 0) is 9.59 Å². The summed E-state index contributed by atoms with van der Waals surface area (Å²) in [5.41, 5.74) is 0.868. The minimum absolute atomic E-state index is 0.215. The molecule has 1 fully saturated rings. The predicted molar refractivity (Wildman–Crippen MR) is 84.1 cm³/mol. The number of rotatable bonds is 4. The molecule has 1 heterocycles. The first kappa shape index (κ1) is 15.9. The van der Waals surface area contributed by atoms with E-state index < -0.39 is 5.91 Å². The maximum absolute atomic E-state index is 12.4. The lowest BCUT2D eigenvalue weighted by atomic mass is 10.1. The normalized spacial score (nSPS) is 14.8. The molecule has 2 rings (SSSR count). The number of aldehydes is 1. The third kappa shape index (κ3) is 4.28. The number of carbonyl (C=O) groups is 3. The standard InChI is InChI=1S/C17H20N2O3/c20-14-13-19(17(22)18-11-5-2-6-12-18)16(21)10-9-15-7-3-1-4-8-15/h1,3-4,7-10,14H,2,5-6,11-13H2/b10-9+. The Balaban J connectivity index is 2.05. The molecule has 0 saturated carbocycles. The molecule has 0 aromatic heterocycles. The summed E-state index contributed by atoms with van der Waals surface area (Å²) >= 11 is 0. The molecule has 1 saturated heterocycles. The number of nitrogens with zero attached hydrogens (tertiary/aromatic N) is 2. The quantitative estimate of drug-likeness (QED) is 0.633. The Morgan fingerprint density at radius 1 is 1.09 bits per heavy atom. The molecular formula is C17H20N2O3. The Morgan fingerprint density at radius 3 is 2.41 bits per heavy atom. The SMILES string of the molecule is O=CCN(C(=O)/C=C/c1ccccc1)C(=O)N1CCCCC1. The van der Waals surface area contributed by atoms with Crippen LogP contribution in [0.1, 0.15) is 24.8 Å². The fraction of sp³-hybridized carbons (Fsp3) is 0.353. The molecule has 3 amide bonds. The fourth-order valence-electron chi connectivity index (χ4n) is 2.41. The van der Waals surface area contributed by atoms with E-state index in [-0.39, 0.29) is 12.6 Å². The van der Waals surface area contributed by atoms with Gasteiger partial charge in [-0.3, -0.25) is 9.69 Å². The van der Waals surface area contributed by atoms with Crippen molar-refractivity contribution in [2.24, 2.45) is 0 Å². The first-order chi connectivity index (χ1) is 10.7. The van der Waals surface area contributed by atoms with E-state index in [1.54, 1.807) is 11.0 Å². The molecule has 0 N–H and O–H groups in total. The molecule has 1 aliphatic heterocycles. The minimum atomic E-state index is -0.466. The van der Waals surface area contributed by atoms with Crippen molar-refractivity contribution in [1.29, 1.82) is 0 Å². The molecular weight excluding hydrogens is 280 g/mol. The number of piperidine rings is 1. The number of likely N-dealkylation sites (tertiary alicyclic amines) is 1. The van der Waals surface area contributed by atoms with E-state index in [2.05, 4.69) is 0 Å². The third-order valence-electron chi connectivity index (χ3n) is 3.60. The van der Waals surface area contributed by atoms with Crippen molar-refractivity contribution in [2.45, 2.75) is 19.3 Å². The van der Waals surface area contributed by atoms with E-state index in [1.165, 1.54) is 6.08 Å². The van der Waals surface area contributed by atoms with Gasteiger partial charge in [0.25, 0.3) is 5.91 Å². The number of imide groups is 1. The van der Waals surface area contributed by atoms with Gasteiger partial charge in [0.1, 0.15) is 6.29 Å². The van der Waals surface area contributed by atoms with Gasteiger partial charge >= 0.3 is 6.03 Å². The Labute approximate surface area is 130 Å². The molecule has 1 aromatic carbocycles. The van der Waals surface area contributed by atoms with Gasteiger partial charge in [0.05, 0.1) is 6.54 Å². The van der Waals surface area contributed by atoms with Crippen LogP contribution in [0.25, 0.3) is 6.08 Å². The summed E-state index contributed by atoms with van der Waals surface area (Å²) in [6.07, 6.45) is 6.53. The van der Waals surface area contributed by atoms with Crippen LogP contribution in [0.3, 0.4) is 0 Å². The Hall–Kier alpha value is -2.43. The van der Waals surface area contributed by atoms with Crippen molar-refractivity contribution in [1.82, 2.24) is 9.80 Å². The van der Waals surface area contributed by atoms with E-state index in [4.69, 9.17) is 0 Å². The van der Waals surface area contributed by atoms with Gasteiger partial charge in [-0.1, -0.05) is 30.3 Å². The van der Waals surface area contributed by atoms with Gasteiger partial charge in [0, 0.05) is 19.2 Å². The molecule has 0 bridgehead atoms. The molecule has 0 aliphatic carbocycles. The summed E-state index contributed by atoms with van der Waals surface area (Å²) in [5.74, 6) is -0.466. The topological polar surface area (TPSA) is 57.7 Å². The summed E-state index contributed by atoms with van der Waals surface area (Å²) in [6.45, 7) is 1.07. The van der Waals surface area contributed by atoms with Crippen LogP contribution in [-0.4, -0.2) is 47.7 Å². The van der Waals surface area contributed by atoms with Crippen molar-refractivity contribution >= 4 is 24.3 Å².